The predicted octanol–water partition coefficient (Wildman–Crippen LogP) is 3.69. The SMILES string of the molecule is CCCSc1nnc2c3c4c(sc3ncn12)COC(C)(C)C4. The average molecular weight is 334 g/mol. The van der Waals surface area contributed by atoms with Crippen LogP contribution in [-0.2, 0) is 17.8 Å². The van der Waals surface area contributed by atoms with E-state index in [-0.39, 0.29) is 5.60 Å². The summed E-state index contributed by atoms with van der Waals surface area (Å²) in [5.41, 5.74) is 2.14. The predicted molar refractivity (Wildman–Crippen MR) is 89.8 cm³/mol. The van der Waals surface area contributed by atoms with Crippen molar-refractivity contribution in [2.24, 2.45) is 0 Å². The molecule has 0 aromatic carbocycles. The van der Waals surface area contributed by atoms with E-state index in [2.05, 4.69) is 36.0 Å². The first kappa shape index (κ1) is 14.4. The maximum atomic E-state index is 5.93. The molecule has 4 rings (SSSR count). The summed E-state index contributed by atoms with van der Waals surface area (Å²) >= 11 is 3.45. The van der Waals surface area contributed by atoms with Crippen molar-refractivity contribution in [1.29, 1.82) is 0 Å². The van der Waals surface area contributed by atoms with Crippen LogP contribution < -0.4 is 0 Å². The van der Waals surface area contributed by atoms with Gasteiger partial charge in [-0.2, -0.15) is 0 Å². The van der Waals surface area contributed by atoms with Gasteiger partial charge in [-0.15, -0.1) is 21.5 Å². The molecule has 0 atom stereocenters. The normalized spacial score (nSPS) is 17.2. The fraction of sp³-hybridized carbons (Fsp3) is 0.533. The Kier molecular flexibility index (Phi) is 3.39. The molecule has 0 bridgehead atoms. The molecule has 3 aromatic rings. The Morgan fingerprint density at radius 2 is 2.27 bits per heavy atom. The van der Waals surface area contributed by atoms with Crippen molar-refractivity contribution in [2.75, 3.05) is 5.75 Å². The van der Waals surface area contributed by atoms with Crippen LogP contribution in [-0.4, -0.2) is 30.9 Å². The molecule has 3 aromatic heterocycles. The molecule has 0 fully saturated rings. The van der Waals surface area contributed by atoms with Crippen LogP contribution in [0, 0.1) is 0 Å². The average Bonchev–Trinajstić information content (AvgIpc) is 3.04. The van der Waals surface area contributed by atoms with Crippen LogP contribution >= 0.6 is 23.1 Å². The minimum absolute atomic E-state index is 0.131. The highest BCUT2D eigenvalue weighted by Gasteiger charge is 2.30. The Bertz CT molecular complexity index is 852. The van der Waals surface area contributed by atoms with E-state index < -0.39 is 0 Å². The lowest BCUT2D eigenvalue weighted by molar-refractivity contribution is -0.0379. The van der Waals surface area contributed by atoms with Gasteiger partial charge in [0.05, 0.1) is 17.6 Å². The molecule has 116 valence electrons. The number of rotatable bonds is 3. The van der Waals surface area contributed by atoms with Crippen LogP contribution in [0.25, 0.3) is 15.9 Å². The second kappa shape index (κ2) is 5.18. The van der Waals surface area contributed by atoms with Gasteiger partial charge in [0.1, 0.15) is 11.2 Å². The minimum atomic E-state index is -0.131. The highest BCUT2D eigenvalue weighted by Crippen LogP contribution is 2.39. The zero-order valence-electron chi connectivity index (χ0n) is 12.9. The van der Waals surface area contributed by atoms with Gasteiger partial charge in [-0.1, -0.05) is 18.7 Å². The van der Waals surface area contributed by atoms with Crippen LogP contribution in [0.3, 0.4) is 0 Å². The number of thiophene rings is 1. The third-order valence-corrected chi connectivity index (χ3v) is 6.14. The van der Waals surface area contributed by atoms with Gasteiger partial charge in [0, 0.05) is 17.1 Å². The van der Waals surface area contributed by atoms with E-state index in [1.54, 1.807) is 23.1 Å². The maximum absolute atomic E-state index is 5.93. The topological polar surface area (TPSA) is 52.3 Å². The lowest BCUT2D eigenvalue weighted by atomic mass is 9.94. The number of thioether (sulfide) groups is 1. The van der Waals surface area contributed by atoms with Gasteiger partial charge in [-0.3, -0.25) is 4.40 Å². The van der Waals surface area contributed by atoms with Crippen molar-refractivity contribution in [1.82, 2.24) is 19.6 Å². The molecule has 0 amide bonds. The molecule has 0 N–H and O–H groups in total. The Morgan fingerprint density at radius 1 is 1.41 bits per heavy atom. The molecule has 0 spiro atoms. The third kappa shape index (κ3) is 2.23. The van der Waals surface area contributed by atoms with E-state index in [0.29, 0.717) is 6.61 Å². The van der Waals surface area contributed by atoms with Crippen LogP contribution in [0.5, 0.6) is 0 Å². The highest BCUT2D eigenvalue weighted by molar-refractivity contribution is 7.99. The van der Waals surface area contributed by atoms with Crippen molar-refractivity contribution < 1.29 is 4.74 Å². The lowest BCUT2D eigenvalue weighted by Gasteiger charge is -2.30. The molecule has 0 radical (unpaired) electrons. The Balaban J connectivity index is 1.92. The zero-order chi connectivity index (χ0) is 15.3. The highest BCUT2D eigenvalue weighted by atomic mass is 32.2. The maximum Gasteiger partial charge on any atom is 0.196 e. The third-order valence-electron chi connectivity index (χ3n) is 3.88. The van der Waals surface area contributed by atoms with Gasteiger partial charge in [-0.05, 0) is 25.8 Å². The summed E-state index contributed by atoms with van der Waals surface area (Å²) in [7, 11) is 0. The molecule has 7 heteroatoms. The smallest absolute Gasteiger partial charge is 0.196 e. The van der Waals surface area contributed by atoms with Gasteiger partial charge in [0.2, 0.25) is 0 Å². The molecule has 1 aliphatic rings. The largest absolute Gasteiger partial charge is 0.370 e. The van der Waals surface area contributed by atoms with Gasteiger partial charge in [0.15, 0.2) is 10.8 Å². The summed E-state index contributed by atoms with van der Waals surface area (Å²) in [5.74, 6) is 1.04. The summed E-state index contributed by atoms with van der Waals surface area (Å²) in [4.78, 5) is 6.95. The number of hydrogen-bond acceptors (Lipinski definition) is 6. The number of nitrogens with zero attached hydrogens (tertiary/aromatic N) is 4. The second-order valence-electron chi connectivity index (χ2n) is 6.18. The molecule has 5 nitrogen and oxygen atoms in total. The quantitative estimate of drug-likeness (QED) is 0.684. The first-order valence-electron chi connectivity index (χ1n) is 7.50. The first-order valence-corrected chi connectivity index (χ1v) is 9.30. The fourth-order valence-electron chi connectivity index (χ4n) is 2.81. The van der Waals surface area contributed by atoms with E-state index in [4.69, 9.17) is 4.74 Å². The monoisotopic (exact) mass is 334 g/mol. The van der Waals surface area contributed by atoms with Crippen LogP contribution in [0.1, 0.15) is 37.6 Å². The molecule has 22 heavy (non-hydrogen) atoms. The van der Waals surface area contributed by atoms with Crippen molar-refractivity contribution in [3.63, 3.8) is 0 Å². The van der Waals surface area contributed by atoms with E-state index in [1.807, 2.05) is 10.7 Å². The van der Waals surface area contributed by atoms with E-state index in [1.165, 1.54) is 10.4 Å². The van der Waals surface area contributed by atoms with Crippen LogP contribution in [0.15, 0.2) is 11.5 Å². The summed E-state index contributed by atoms with van der Waals surface area (Å²) < 4.78 is 7.95. The minimum Gasteiger partial charge on any atom is -0.370 e. The summed E-state index contributed by atoms with van der Waals surface area (Å²) in [5, 5.41) is 10.9. The van der Waals surface area contributed by atoms with Crippen LogP contribution in [0.2, 0.25) is 0 Å². The molecular weight excluding hydrogens is 316 g/mol. The zero-order valence-corrected chi connectivity index (χ0v) is 14.6. The van der Waals surface area contributed by atoms with Crippen molar-refractivity contribution in [3.05, 3.63) is 16.8 Å². The van der Waals surface area contributed by atoms with Gasteiger partial charge < -0.3 is 4.74 Å². The number of ether oxygens (including phenoxy) is 1. The number of aromatic nitrogens is 4. The standard InChI is InChI=1S/C15H18N4OS2/c1-4-5-21-14-18-17-12-11-9-6-15(2,3)20-7-10(9)22-13(11)16-8-19(12)14/h8H,4-7H2,1-3H3. The molecule has 4 heterocycles. The second-order valence-corrected chi connectivity index (χ2v) is 8.32. The van der Waals surface area contributed by atoms with Crippen molar-refractivity contribution >= 4 is 39.0 Å². The molecule has 0 saturated heterocycles. The molecule has 1 aliphatic heterocycles. The Hall–Kier alpha value is -1.18. The first-order chi connectivity index (χ1) is 10.6. The molecule has 0 aliphatic carbocycles. The van der Waals surface area contributed by atoms with E-state index in [9.17, 15) is 0 Å². The van der Waals surface area contributed by atoms with Crippen LogP contribution in [0.4, 0.5) is 0 Å². The van der Waals surface area contributed by atoms with Gasteiger partial charge in [-0.25, -0.2) is 4.98 Å². The summed E-state index contributed by atoms with van der Waals surface area (Å²) in [6, 6.07) is 0. The van der Waals surface area contributed by atoms with Crippen molar-refractivity contribution in [3.8, 4) is 0 Å². The van der Waals surface area contributed by atoms with Gasteiger partial charge >= 0.3 is 0 Å². The summed E-state index contributed by atoms with van der Waals surface area (Å²) in [6.45, 7) is 7.11. The Labute approximate surface area is 137 Å². The molecule has 0 unspecified atom stereocenters. The van der Waals surface area contributed by atoms with E-state index in [0.717, 1.165) is 39.6 Å². The number of fused-ring (bicyclic) bond motifs is 5. The van der Waals surface area contributed by atoms with E-state index >= 15 is 0 Å². The Morgan fingerprint density at radius 3 is 3.09 bits per heavy atom. The summed E-state index contributed by atoms with van der Waals surface area (Å²) in [6.07, 6.45) is 3.87. The molecular formula is C15H18N4OS2. The fourth-order valence-corrected chi connectivity index (χ4v) is 4.64. The lowest BCUT2D eigenvalue weighted by Crippen LogP contribution is -2.31. The van der Waals surface area contributed by atoms with Gasteiger partial charge in [0.25, 0.3) is 0 Å². The number of hydrogen-bond donors (Lipinski definition) is 0. The van der Waals surface area contributed by atoms with Crippen molar-refractivity contribution in [2.45, 2.75) is 51.0 Å². The molecule has 0 saturated carbocycles.